The summed E-state index contributed by atoms with van der Waals surface area (Å²) in [6.07, 6.45) is 0. The number of benzene rings is 2. The first-order valence-corrected chi connectivity index (χ1v) is 10.00. The summed E-state index contributed by atoms with van der Waals surface area (Å²) in [4.78, 5) is 15.1. The summed E-state index contributed by atoms with van der Waals surface area (Å²) in [6.45, 7) is 0. The van der Waals surface area contributed by atoms with Crippen molar-refractivity contribution in [1.29, 1.82) is 0 Å². The first-order valence-electron chi connectivity index (χ1n) is 7.76. The molecule has 6 nitrogen and oxygen atoms in total. The predicted molar refractivity (Wildman–Crippen MR) is 106 cm³/mol. The highest BCUT2D eigenvalue weighted by atomic mass is 32.2. The number of thiol groups is 1. The maximum Gasteiger partial charge on any atom is 0.266 e. The van der Waals surface area contributed by atoms with Crippen LogP contribution in [0.4, 0.5) is 5.69 Å². The topological polar surface area (TPSA) is 99.3 Å². The van der Waals surface area contributed by atoms with Crippen LogP contribution in [0.15, 0.2) is 52.6 Å². The maximum atomic E-state index is 12.2. The van der Waals surface area contributed by atoms with Gasteiger partial charge in [-0.05, 0) is 41.3 Å². The van der Waals surface area contributed by atoms with Crippen LogP contribution >= 0.6 is 11.3 Å². The summed E-state index contributed by atoms with van der Waals surface area (Å²) < 4.78 is 22.0. The molecule has 0 saturated carbocycles. The van der Waals surface area contributed by atoms with Gasteiger partial charge in [0.05, 0.1) is 0 Å². The van der Waals surface area contributed by atoms with E-state index < -0.39 is 10.7 Å². The maximum absolute atomic E-state index is 12.2. The van der Waals surface area contributed by atoms with Crippen molar-refractivity contribution < 1.29 is 13.5 Å². The highest BCUT2D eigenvalue weighted by Crippen LogP contribution is 2.39. The van der Waals surface area contributed by atoms with Gasteiger partial charge in [-0.3, -0.25) is 4.79 Å². The lowest BCUT2D eigenvalue weighted by molar-refractivity contribution is 0.478. The number of fused-ring (bicyclic) bond motifs is 3. The first-order chi connectivity index (χ1) is 12.5. The molecule has 0 aliphatic rings. The number of aromatic amines is 1. The van der Waals surface area contributed by atoms with Crippen molar-refractivity contribution in [3.63, 3.8) is 0 Å². The zero-order chi connectivity index (χ0) is 18.3. The average Bonchev–Trinajstić information content (AvgIpc) is 3.12. The number of aromatic nitrogens is 1. The summed E-state index contributed by atoms with van der Waals surface area (Å²) in [7, 11) is -2.51. The Hall–Kier alpha value is -2.84. The summed E-state index contributed by atoms with van der Waals surface area (Å²) in [5.41, 5.74) is 2.57. The van der Waals surface area contributed by atoms with E-state index in [1.54, 1.807) is 36.4 Å². The Labute approximate surface area is 153 Å². The summed E-state index contributed by atoms with van der Waals surface area (Å²) in [5, 5.41) is 16.7. The molecule has 0 atom stereocenters. The van der Waals surface area contributed by atoms with Gasteiger partial charge in [0.2, 0.25) is 0 Å². The third-order valence-electron chi connectivity index (χ3n) is 4.16. The summed E-state index contributed by atoms with van der Waals surface area (Å²) in [6, 6.07) is 12.2. The van der Waals surface area contributed by atoms with Crippen LogP contribution < -0.4 is 10.9 Å². The van der Waals surface area contributed by atoms with Crippen molar-refractivity contribution in [2.24, 2.45) is 0 Å². The molecule has 8 heteroatoms. The van der Waals surface area contributed by atoms with E-state index in [1.807, 2.05) is 11.4 Å². The van der Waals surface area contributed by atoms with Crippen molar-refractivity contribution in [3.8, 4) is 16.9 Å². The molecule has 0 fully saturated rings. The Balaban J connectivity index is 1.92. The number of anilines is 1. The van der Waals surface area contributed by atoms with E-state index in [2.05, 4.69) is 10.3 Å². The third-order valence-corrected chi connectivity index (χ3v) is 5.49. The van der Waals surface area contributed by atoms with E-state index in [1.165, 1.54) is 11.3 Å². The Bertz CT molecular complexity index is 1250. The van der Waals surface area contributed by atoms with E-state index in [9.17, 15) is 18.3 Å². The van der Waals surface area contributed by atoms with Crippen LogP contribution in [0.5, 0.6) is 5.75 Å². The fourth-order valence-electron chi connectivity index (χ4n) is 3.04. The molecule has 2 heterocycles. The second kappa shape index (κ2) is 6.47. The first kappa shape index (κ1) is 16.6. The minimum absolute atomic E-state index is 0.111. The SMILES string of the molecule is O=c1[nH]c2ccc(O)c(-c3ccc(NC[SH](=O)=O)cc3)c2c2ccsc12. The van der Waals surface area contributed by atoms with Gasteiger partial charge in [-0.1, -0.05) is 12.1 Å². The molecule has 0 aliphatic heterocycles. The largest absolute Gasteiger partial charge is 0.507 e. The lowest BCUT2D eigenvalue weighted by atomic mass is 9.97. The third kappa shape index (κ3) is 2.83. The van der Waals surface area contributed by atoms with Crippen molar-refractivity contribution in [2.75, 3.05) is 11.2 Å². The molecule has 0 unspecified atom stereocenters. The Morgan fingerprint density at radius 3 is 2.58 bits per heavy atom. The van der Waals surface area contributed by atoms with E-state index in [-0.39, 0.29) is 17.2 Å². The molecule has 0 radical (unpaired) electrons. The molecular weight excluding hydrogens is 372 g/mol. The normalized spacial score (nSPS) is 11.4. The van der Waals surface area contributed by atoms with Crippen LogP contribution in [0.3, 0.4) is 0 Å². The molecule has 0 bridgehead atoms. The van der Waals surface area contributed by atoms with E-state index in [0.29, 0.717) is 21.5 Å². The molecule has 4 aromatic rings. The van der Waals surface area contributed by atoms with Crippen LogP contribution in [0.2, 0.25) is 0 Å². The standard InChI is InChI=1S/C18H14N2O4S2/c21-14-6-5-13-16(12-7-8-25-17(12)18(22)20-13)15(14)10-1-3-11(4-2-10)19-9-26(23)24/h1-8,19,21,26H,9H2,(H,20,22). The molecule has 2 aromatic carbocycles. The van der Waals surface area contributed by atoms with E-state index in [4.69, 9.17) is 0 Å². The number of hydrogen-bond donors (Lipinski definition) is 4. The number of pyridine rings is 1. The molecule has 0 amide bonds. The number of phenols is 1. The zero-order valence-corrected chi connectivity index (χ0v) is 15.1. The van der Waals surface area contributed by atoms with Crippen LogP contribution in [0, 0.1) is 0 Å². The Morgan fingerprint density at radius 1 is 1.08 bits per heavy atom. The van der Waals surface area contributed by atoms with Gasteiger partial charge in [0.25, 0.3) is 5.56 Å². The monoisotopic (exact) mass is 386 g/mol. The van der Waals surface area contributed by atoms with Gasteiger partial charge in [0.15, 0.2) is 10.7 Å². The van der Waals surface area contributed by atoms with Gasteiger partial charge in [-0.2, -0.15) is 0 Å². The fourth-order valence-corrected chi connectivity index (χ4v) is 4.15. The van der Waals surface area contributed by atoms with Crippen LogP contribution in [0.25, 0.3) is 32.1 Å². The predicted octanol–water partition coefficient (Wildman–Crippen LogP) is 3.10. The number of hydrogen-bond acceptors (Lipinski definition) is 6. The highest BCUT2D eigenvalue weighted by molar-refractivity contribution is 7.72. The number of nitrogens with one attached hydrogen (secondary N) is 2. The van der Waals surface area contributed by atoms with E-state index >= 15 is 0 Å². The number of rotatable bonds is 4. The number of phenolic OH excluding ortho intramolecular Hbond substituents is 1. The van der Waals surface area contributed by atoms with Gasteiger partial charge in [0.1, 0.15) is 16.3 Å². The molecule has 0 aliphatic carbocycles. The molecule has 0 saturated heterocycles. The van der Waals surface area contributed by atoms with E-state index in [0.717, 1.165) is 16.3 Å². The Morgan fingerprint density at radius 2 is 1.85 bits per heavy atom. The average molecular weight is 386 g/mol. The van der Waals surface area contributed by atoms with Crippen molar-refractivity contribution in [3.05, 3.63) is 58.2 Å². The smallest absolute Gasteiger partial charge is 0.266 e. The van der Waals surface area contributed by atoms with Crippen LogP contribution in [-0.2, 0) is 10.7 Å². The lowest BCUT2D eigenvalue weighted by Crippen LogP contribution is -2.04. The minimum Gasteiger partial charge on any atom is -0.507 e. The minimum atomic E-state index is -2.51. The molecule has 0 spiro atoms. The van der Waals surface area contributed by atoms with Gasteiger partial charge in [0, 0.05) is 27.5 Å². The van der Waals surface area contributed by atoms with Gasteiger partial charge >= 0.3 is 0 Å². The molecule has 4 rings (SSSR count). The van der Waals surface area contributed by atoms with Gasteiger partial charge in [-0.15, -0.1) is 11.3 Å². The summed E-state index contributed by atoms with van der Waals surface area (Å²) >= 11 is 1.36. The van der Waals surface area contributed by atoms with Crippen molar-refractivity contribution >= 4 is 48.7 Å². The molecule has 26 heavy (non-hydrogen) atoms. The number of H-pyrrole nitrogens is 1. The Kier molecular flexibility index (Phi) is 4.14. The second-order valence-corrected chi connectivity index (χ2v) is 7.64. The molecular formula is C18H14N2O4S2. The van der Waals surface area contributed by atoms with Crippen molar-refractivity contribution in [1.82, 2.24) is 4.98 Å². The van der Waals surface area contributed by atoms with Gasteiger partial charge < -0.3 is 15.4 Å². The molecule has 2 aromatic heterocycles. The van der Waals surface area contributed by atoms with Crippen molar-refractivity contribution in [2.45, 2.75) is 0 Å². The van der Waals surface area contributed by atoms with Crippen LogP contribution in [0.1, 0.15) is 0 Å². The molecule has 132 valence electrons. The second-order valence-electron chi connectivity index (χ2n) is 5.74. The van der Waals surface area contributed by atoms with Gasteiger partial charge in [-0.25, -0.2) is 8.42 Å². The molecule has 3 N–H and O–H groups in total. The number of thiophene rings is 1. The fraction of sp³-hybridized carbons (Fsp3) is 0.0556. The number of aromatic hydroxyl groups is 1. The zero-order valence-electron chi connectivity index (χ0n) is 13.4. The summed E-state index contributed by atoms with van der Waals surface area (Å²) in [5.74, 6) is -0.0225. The van der Waals surface area contributed by atoms with Crippen LogP contribution in [-0.4, -0.2) is 24.4 Å². The quantitative estimate of drug-likeness (QED) is 0.404. The lowest BCUT2D eigenvalue weighted by Gasteiger charge is -2.11. The highest BCUT2D eigenvalue weighted by Gasteiger charge is 2.15.